The average molecular weight is 303 g/mol. The molecule has 0 aliphatic rings. The molecule has 0 spiro atoms. The number of allylic oxidation sites excluding steroid dienone is 2. The van der Waals surface area contributed by atoms with Crippen LogP contribution >= 0.6 is 11.6 Å². The first-order chi connectivity index (χ1) is 10.1. The van der Waals surface area contributed by atoms with Crippen molar-refractivity contribution in [1.82, 2.24) is 4.90 Å². The topological polar surface area (TPSA) is 72.4 Å². The Morgan fingerprint density at radius 2 is 2.10 bits per heavy atom. The van der Waals surface area contributed by atoms with Crippen LogP contribution in [0.15, 0.2) is 40.7 Å². The van der Waals surface area contributed by atoms with E-state index in [0.29, 0.717) is 23.7 Å². The molecule has 5 nitrogen and oxygen atoms in total. The Balaban J connectivity index is 2.56. The number of hydrogen-bond acceptors (Lipinski definition) is 5. The molecule has 0 amide bonds. The lowest BCUT2D eigenvalue weighted by Crippen LogP contribution is -2.13. The van der Waals surface area contributed by atoms with Crippen molar-refractivity contribution in [3.8, 4) is 12.1 Å². The average Bonchev–Trinajstić information content (AvgIpc) is 2.46. The number of hydrogen-bond donors (Lipinski definition) is 0. The molecule has 0 radical (unpaired) electrons. The number of benzene rings is 1. The Bertz CT molecular complexity index is 607. The Kier molecular flexibility index (Phi) is 6.80. The molecule has 0 unspecified atom stereocenters. The van der Waals surface area contributed by atoms with Crippen LogP contribution in [-0.2, 0) is 11.4 Å². The maximum Gasteiger partial charge on any atom is 0.149 e. The third-order valence-corrected chi connectivity index (χ3v) is 2.84. The molecule has 0 aliphatic heterocycles. The number of nitrogens with zero attached hydrogens (tertiary/aromatic N) is 4. The van der Waals surface area contributed by atoms with Crippen LogP contribution in [-0.4, -0.2) is 25.2 Å². The fourth-order valence-electron chi connectivity index (χ4n) is 1.58. The minimum Gasteiger partial charge on any atom is -0.391 e. The molecule has 21 heavy (non-hydrogen) atoms. The lowest BCUT2D eigenvalue weighted by molar-refractivity contribution is 0.131. The van der Waals surface area contributed by atoms with Crippen LogP contribution in [0.4, 0.5) is 0 Å². The van der Waals surface area contributed by atoms with E-state index in [-0.39, 0.29) is 5.57 Å². The second kappa shape index (κ2) is 8.63. The monoisotopic (exact) mass is 302 g/mol. The largest absolute Gasteiger partial charge is 0.391 e. The van der Waals surface area contributed by atoms with E-state index < -0.39 is 0 Å². The van der Waals surface area contributed by atoms with E-state index in [1.807, 2.05) is 24.3 Å². The lowest BCUT2D eigenvalue weighted by atomic mass is 10.2. The van der Waals surface area contributed by atoms with Gasteiger partial charge in [0.1, 0.15) is 24.3 Å². The van der Waals surface area contributed by atoms with Crippen molar-refractivity contribution in [3.63, 3.8) is 0 Å². The molecule has 108 valence electrons. The van der Waals surface area contributed by atoms with Gasteiger partial charge in [-0.25, -0.2) is 0 Å². The molecule has 0 saturated heterocycles. The van der Waals surface area contributed by atoms with Crippen LogP contribution in [0.3, 0.4) is 0 Å². The summed E-state index contributed by atoms with van der Waals surface area (Å²) in [6.45, 7) is 0.307. The number of halogens is 1. The Morgan fingerprint density at radius 3 is 2.67 bits per heavy atom. The highest BCUT2D eigenvalue weighted by Crippen LogP contribution is 2.12. The van der Waals surface area contributed by atoms with Gasteiger partial charge < -0.3 is 9.74 Å². The molecular formula is C15H15ClN4O. The van der Waals surface area contributed by atoms with Crippen molar-refractivity contribution in [1.29, 1.82) is 10.5 Å². The van der Waals surface area contributed by atoms with Crippen LogP contribution < -0.4 is 0 Å². The lowest BCUT2D eigenvalue weighted by Gasteiger charge is -2.14. The van der Waals surface area contributed by atoms with Gasteiger partial charge in [-0.05, 0) is 17.7 Å². The van der Waals surface area contributed by atoms with Gasteiger partial charge in [0.05, 0.1) is 0 Å². The van der Waals surface area contributed by atoms with Crippen molar-refractivity contribution >= 4 is 17.8 Å². The van der Waals surface area contributed by atoms with Gasteiger partial charge in [0.15, 0.2) is 0 Å². The van der Waals surface area contributed by atoms with Crippen molar-refractivity contribution in [2.75, 3.05) is 14.1 Å². The molecule has 0 fully saturated rings. The van der Waals surface area contributed by atoms with Crippen LogP contribution in [0.25, 0.3) is 0 Å². The summed E-state index contributed by atoms with van der Waals surface area (Å²) in [4.78, 5) is 6.87. The summed E-state index contributed by atoms with van der Waals surface area (Å²) in [7, 11) is 3.54. The van der Waals surface area contributed by atoms with Crippen molar-refractivity contribution in [3.05, 3.63) is 46.1 Å². The molecule has 1 aromatic rings. The molecule has 0 aliphatic carbocycles. The maximum atomic E-state index is 8.88. The van der Waals surface area contributed by atoms with Gasteiger partial charge in [-0.2, -0.15) is 10.5 Å². The molecular weight excluding hydrogens is 288 g/mol. The first-order valence-electron chi connectivity index (χ1n) is 6.17. The standard InChI is InChI=1S/C15H15ClN4O/c1-20(2)15(13(9-17)10-18)6-7-19-21-11-12-4-3-5-14(16)8-12/h3-5,7-8H,6,11H2,1-2H3. The summed E-state index contributed by atoms with van der Waals surface area (Å²) >= 11 is 5.86. The first-order valence-corrected chi connectivity index (χ1v) is 6.55. The van der Waals surface area contributed by atoms with Gasteiger partial charge >= 0.3 is 0 Å². The molecule has 6 heteroatoms. The molecule has 0 aromatic heterocycles. The molecule has 0 bridgehead atoms. The third kappa shape index (κ3) is 5.56. The number of nitriles is 2. The van der Waals surface area contributed by atoms with Crippen molar-refractivity contribution in [2.45, 2.75) is 13.0 Å². The van der Waals surface area contributed by atoms with Gasteiger partial charge in [-0.3, -0.25) is 0 Å². The predicted molar refractivity (Wildman–Crippen MR) is 81.3 cm³/mol. The third-order valence-electron chi connectivity index (χ3n) is 2.61. The van der Waals surface area contributed by atoms with Crippen LogP contribution in [0, 0.1) is 22.7 Å². The highest BCUT2D eigenvalue weighted by atomic mass is 35.5. The molecule has 0 heterocycles. The van der Waals surface area contributed by atoms with Crippen LogP contribution in [0.5, 0.6) is 0 Å². The normalized spacial score (nSPS) is 9.76. The SMILES string of the molecule is CN(C)C(CC=NOCc1cccc(Cl)c1)=C(C#N)C#N. The van der Waals surface area contributed by atoms with Gasteiger partial charge in [-0.1, -0.05) is 28.9 Å². The minimum atomic E-state index is 0.0706. The van der Waals surface area contributed by atoms with E-state index in [9.17, 15) is 0 Å². The summed E-state index contributed by atoms with van der Waals surface area (Å²) in [6.07, 6.45) is 1.87. The van der Waals surface area contributed by atoms with Crippen LogP contribution in [0.2, 0.25) is 5.02 Å². The van der Waals surface area contributed by atoms with Gasteiger partial charge in [-0.15, -0.1) is 0 Å². The van der Waals surface area contributed by atoms with E-state index in [4.69, 9.17) is 27.0 Å². The second-order valence-corrected chi connectivity index (χ2v) is 4.77. The minimum absolute atomic E-state index is 0.0706. The number of rotatable bonds is 6. The summed E-state index contributed by atoms with van der Waals surface area (Å²) in [6, 6.07) is 11.0. The smallest absolute Gasteiger partial charge is 0.149 e. The first kappa shape index (κ1) is 16.6. The summed E-state index contributed by atoms with van der Waals surface area (Å²) in [5.74, 6) is 0. The zero-order valence-corrected chi connectivity index (χ0v) is 12.6. The van der Waals surface area contributed by atoms with E-state index in [2.05, 4.69) is 5.16 Å². The van der Waals surface area contributed by atoms with E-state index in [1.54, 1.807) is 31.1 Å². The van der Waals surface area contributed by atoms with Gasteiger partial charge in [0, 0.05) is 37.5 Å². The quantitative estimate of drug-likeness (QED) is 0.460. The van der Waals surface area contributed by atoms with Gasteiger partial charge in [0.25, 0.3) is 0 Å². The zero-order chi connectivity index (χ0) is 15.7. The van der Waals surface area contributed by atoms with Gasteiger partial charge in [0.2, 0.25) is 0 Å². The Morgan fingerprint density at radius 1 is 1.38 bits per heavy atom. The van der Waals surface area contributed by atoms with E-state index in [0.717, 1.165) is 5.56 Å². The van der Waals surface area contributed by atoms with E-state index >= 15 is 0 Å². The predicted octanol–water partition coefficient (Wildman–Crippen LogP) is 3.10. The van der Waals surface area contributed by atoms with Crippen molar-refractivity contribution in [2.24, 2.45) is 5.16 Å². The Labute approximate surface area is 129 Å². The molecule has 0 saturated carbocycles. The fourth-order valence-corrected chi connectivity index (χ4v) is 1.79. The zero-order valence-electron chi connectivity index (χ0n) is 11.9. The number of oxime groups is 1. The second-order valence-electron chi connectivity index (χ2n) is 4.34. The van der Waals surface area contributed by atoms with Crippen LogP contribution in [0.1, 0.15) is 12.0 Å². The summed E-state index contributed by atoms with van der Waals surface area (Å²) < 4.78 is 0. The summed E-state index contributed by atoms with van der Waals surface area (Å²) in [5, 5.41) is 22.2. The maximum absolute atomic E-state index is 8.88. The molecule has 1 rings (SSSR count). The summed E-state index contributed by atoms with van der Waals surface area (Å²) in [5.41, 5.74) is 1.58. The van der Waals surface area contributed by atoms with E-state index in [1.165, 1.54) is 6.21 Å². The fraction of sp³-hybridized carbons (Fsp3) is 0.267. The highest BCUT2D eigenvalue weighted by Gasteiger charge is 2.07. The molecule has 0 atom stereocenters. The highest BCUT2D eigenvalue weighted by molar-refractivity contribution is 6.30. The molecule has 0 N–H and O–H groups in total. The molecule has 1 aromatic carbocycles. The van der Waals surface area contributed by atoms with Crippen molar-refractivity contribution < 1.29 is 4.84 Å². The Hall–Kier alpha value is -2.50.